The van der Waals surface area contributed by atoms with E-state index in [4.69, 9.17) is 21.4 Å². The minimum Gasteiger partial charge on any atom is -0.482 e. The standard InChI is InChI=1S/C13H18ClNO3/c1-9(2)6-15-13(17)8-18-12-4-3-10(7-16)5-11(12)14/h3-5,9,16H,6-8H2,1-2H3,(H,15,17). The van der Waals surface area contributed by atoms with E-state index in [-0.39, 0.29) is 19.1 Å². The molecule has 0 spiro atoms. The Morgan fingerprint density at radius 1 is 1.50 bits per heavy atom. The van der Waals surface area contributed by atoms with Crippen LogP contribution in [0.4, 0.5) is 0 Å². The second-order valence-electron chi connectivity index (χ2n) is 4.41. The molecule has 0 unspecified atom stereocenters. The van der Waals surface area contributed by atoms with Gasteiger partial charge in [-0.3, -0.25) is 4.79 Å². The normalized spacial score (nSPS) is 10.5. The van der Waals surface area contributed by atoms with E-state index in [9.17, 15) is 4.79 Å². The third kappa shape index (κ3) is 4.94. The molecular formula is C13H18ClNO3. The molecular weight excluding hydrogens is 254 g/mol. The van der Waals surface area contributed by atoms with Crippen molar-refractivity contribution in [2.75, 3.05) is 13.2 Å². The molecule has 1 rings (SSSR count). The number of hydrogen-bond donors (Lipinski definition) is 2. The molecule has 0 saturated heterocycles. The number of hydrogen-bond acceptors (Lipinski definition) is 3. The maximum Gasteiger partial charge on any atom is 0.257 e. The average Bonchev–Trinajstić information content (AvgIpc) is 2.34. The van der Waals surface area contributed by atoms with Gasteiger partial charge in [-0.2, -0.15) is 0 Å². The van der Waals surface area contributed by atoms with Crippen LogP contribution in [0.5, 0.6) is 5.75 Å². The molecule has 0 saturated carbocycles. The second-order valence-corrected chi connectivity index (χ2v) is 4.82. The van der Waals surface area contributed by atoms with Gasteiger partial charge in [0.05, 0.1) is 11.6 Å². The zero-order valence-corrected chi connectivity index (χ0v) is 11.3. The maximum atomic E-state index is 11.4. The first-order chi connectivity index (χ1) is 8.52. The molecule has 0 aromatic heterocycles. The Hall–Kier alpha value is -1.26. The molecule has 0 aliphatic rings. The minimum absolute atomic E-state index is 0.0646. The van der Waals surface area contributed by atoms with E-state index in [1.165, 1.54) is 0 Å². The van der Waals surface area contributed by atoms with Crippen LogP contribution >= 0.6 is 11.6 Å². The van der Waals surface area contributed by atoms with Crippen LogP contribution < -0.4 is 10.1 Å². The zero-order chi connectivity index (χ0) is 13.5. The summed E-state index contributed by atoms with van der Waals surface area (Å²) in [7, 11) is 0. The predicted molar refractivity (Wildman–Crippen MR) is 70.7 cm³/mol. The number of benzene rings is 1. The Balaban J connectivity index is 2.46. The molecule has 1 amide bonds. The van der Waals surface area contributed by atoms with Gasteiger partial charge in [-0.1, -0.05) is 31.5 Å². The molecule has 0 aliphatic heterocycles. The number of carbonyl (C=O) groups is 1. The number of aliphatic hydroxyl groups is 1. The van der Waals surface area contributed by atoms with E-state index in [1.54, 1.807) is 18.2 Å². The van der Waals surface area contributed by atoms with Gasteiger partial charge in [-0.25, -0.2) is 0 Å². The van der Waals surface area contributed by atoms with Gasteiger partial charge in [0.25, 0.3) is 5.91 Å². The smallest absolute Gasteiger partial charge is 0.257 e. The van der Waals surface area contributed by atoms with Crippen LogP contribution in [0.1, 0.15) is 19.4 Å². The number of nitrogens with one attached hydrogen (secondary N) is 1. The van der Waals surface area contributed by atoms with Gasteiger partial charge in [-0.15, -0.1) is 0 Å². The molecule has 4 nitrogen and oxygen atoms in total. The van der Waals surface area contributed by atoms with Crippen molar-refractivity contribution >= 4 is 17.5 Å². The van der Waals surface area contributed by atoms with Crippen molar-refractivity contribution in [3.8, 4) is 5.75 Å². The summed E-state index contributed by atoms with van der Waals surface area (Å²) in [5, 5.41) is 12.1. The van der Waals surface area contributed by atoms with Gasteiger partial charge >= 0.3 is 0 Å². The molecule has 1 aromatic rings. The Bertz CT molecular complexity index is 407. The van der Waals surface area contributed by atoms with E-state index in [0.717, 1.165) is 0 Å². The molecule has 0 heterocycles. The highest BCUT2D eigenvalue weighted by molar-refractivity contribution is 6.32. The number of ether oxygens (including phenoxy) is 1. The number of halogens is 1. The Kier molecular flexibility index (Phi) is 5.95. The van der Waals surface area contributed by atoms with Crippen molar-refractivity contribution in [3.63, 3.8) is 0 Å². The third-order valence-electron chi connectivity index (χ3n) is 2.25. The Labute approximate surface area is 112 Å². The van der Waals surface area contributed by atoms with Crippen molar-refractivity contribution < 1.29 is 14.6 Å². The van der Waals surface area contributed by atoms with Crippen molar-refractivity contribution in [1.29, 1.82) is 0 Å². The first-order valence-electron chi connectivity index (χ1n) is 5.81. The van der Waals surface area contributed by atoms with Gasteiger partial charge in [-0.05, 0) is 23.6 Å². The lowest BCUT2D eigenvalue weighted by Crippen LogP contribution is -2.31. The van der Waals surface area contributed by atoms with Crippen LogP contribution in [0.25, 0.3) is 0 Å². The van der Waals surface area contributed by atoms with E-state index in [1.807, 2.05) is 13.8 Å². The monoisotopic (exact) mass is 271 g/mol. The lowest BCUT2D eigenvalue weighted by molar-refractivity contribution is -0.123. The molecule has 2 N–H and O–H groups in total. The number of amides is 1. The van der Waals surface area contributed by atoms with E-state index < -0.39 is 0 Å². The van der Waals surface area contributed by atoms with E-state index in [0.29, 0.717) is 28.8 Å². The molecule has 5 heteroatoms. The summed E-state index contributed by atoms with van der Waals surface area (Å²) in [4.78, 5) is 11.4. The first-order valence-corrected chi connectivity index (χ1v) is 6.19. The summed E-state index contributed by atoms with van der Waals surface area (Å²) >= 11 is 5.95. The Morgan fingerprint density at radius 2 is 2.22 bits per heavy atom. The van der Waals surface area contributed by atoms with Crippen molar-refractivity contribution in [3.05, 3.63) is 28.8 Å². The molecule has 100 valence electrons. The number of carbonyl (C=O) groups excluding carboxylic acids is 1. The van der Waals surface area contributed by atoms with Crippen molar-refractivity contribution in [1.82, 2.24) is 5.32 Å². The molecule has 0 atom stereocenters. The van der Waals surface area contributed by atoms with Gasteiger partial charge in [0.1, 0.15) is 5.75 Å². The quantitative estimate of drug-likeness (QED) is 0.832. The highest BCUT2D eigenvalue weighted by Crippen LogP contribution is 2.25. The summed E-state index contributed by atoms with van der Waals surface area (Å²) in [6.07, 6.45) is 0. The van der Waals surface area contributed by atoms with Crippen LogP contribution in [0.3, 0.4) is 0 Å². The van der Waals surface area contributed by atoms with Crippen molar-refractivity contribution in [2.45, 2.75) is 20.5 Å². The molecule has 0 aliphatic carbocycles. The maximum absolute atomic E-state index is 11.4. The van der Waals surface area contributed by atoms with Crippen LogP contribution in [-0.4, -0.2) is 24.2 Å². The lowest BCUT2D eigenvalue weighted by atomic mass is 10.2. The minimum atomic E-state index is -0.175. The summed E-state index contributed by atoms with van der Waals surface area (Å²) < 4.78 is 5.30. The molecule has 0 radical (unpaired) electrons. The zero-order valence-electron chi connectivity index (χ0n) is 10.6. The number of rotatable bonds is 6. The summed E-state index contributed by atoms with van der Waals surface area (Å²) in [6, 6.07) is 4.96. The van der Waals surface area contributed by atoms with Gasteiger partial charge in [0, 0.05) is 6.54 Å². The van der Waals surface area contributed by atoms with E-state index >= 15 is 0 Å². The fourth-order valence-corrected chi connectivity index (χ4v) is 1.53. The molecule has 18 heavy (non-hydrogen) atoms. The third-order valence-corrected chi connectivity index (χ3v) is 2.54. The SMILES string of the molecule is CC(C)CNC(=O)COc1ccc(CO)cc1Cl. The molecule has 1 aromatic carbocycles. The summed E-state index contributed by atoms with van der Waals surface area (Å²) in [5.74, 6) is 0.668. The molecule has 0 bridgehead atoms. The Morgan fingerprint density at radius 3 is 2.78 bits per heavy atom. The topological polar surface area (TPSA) is 58.6 Å². The predicted octanol–water partition coefficient (Wildman–Crippen LogP) is 1.98. The van der Waals surface area contributed by atoms with Crippen LogP contribution in [0.15, 0.2) is 18.2 Å². The fraction of sp³-hybridized carbons (Fsp3) is 0.462. The highest BCUT2D eigenvalue weighted by atomic mass is 35.5. The first kappa shape index (κ1) is 14.8. The van der Waals surface area contributed by atoms with Crippen LogP contribution in [0, 0.1) is 5.92 Å². The summed E-state index contributed by atoms with van der Waals surface area (Å²) in [6.45, 7) is 4.52. The lowest BCUT2D eigenvalue weighted by Gasteiger charge is -2.10. The van der Waals surface area contributed by atoms with Crippen LogP contribution in [0.2, 0.25) is 5.02 Å². The fourth-order valence-electron chi connectivity index (χ4n) is 1.27. The van der Waals surface area contributed by atoms with Gasteiger partial charge < -0.3 is 15.2 Å². The van der Waals surface area contributed by atoms with Crippen molar-refractivity contribution in [2.24, 2.45) is 5.92 Å². The summed E-state index contributed by atoms with van der Waals surface area (Å²) in [5.41, 5.74) is 0.705. The highest BCUT2D eigenvalue weighted by Gasteiger charge is 2.06. The molecule has 0 fully saturated rings. The number of aliphatic hydroxyl groups excluding tert-OH is 1. The van der Waals surface area contributed by atoms with Crippen LogP contribution in [-0.2, 0) is 11.4 Å². The average molecular weight is 272 g/mol. The van der Waals surface area contributed by atoms with E-state index in [2.05, 4.69) is 5.32 Å². The van der Waals surface area contributed by atoms with Gasteiger partial charge in [0.2, 0.25) is 0 Å². The van der Waals surface area contributed by atoms with Gasteiger partial charge in [0.15, 0.2) is 6.61 Å². The largest absolute Gasteiger partial charge is 0.482 e. The second kappa shape index (κ2) is 7.24.